The second kappa shape index (κ2) is 6.34. The van der Waals surface area contributed by atoms with Gasteiger partial charge in [-0.05, 0) is 18.8 Å². The standard InChI is InChI=1S/C13H23N3O3/c1-10(17)14-12(13(18)19)9-16-6-4-15(5-7-16)8-11-2-3-11/h11-12H,2-9H2,1H3,(H,14,17)(H,18,19). The highest BCUT2D eigenvalue weighted by Gasteiger charge is 2.28. The van der Waals surface area contributed by atoms with Crippen LogP contribution in [0.2, 0.25) is 0 Å². The van der Waals surface area contributed by atoms with Gasteiger partial charge in [-0.1, -0.05) is 0 Å². The Morgan fingerprint density at radius 1 is 1.21 bits per heavy atom. The first-order valence-corrected chi connectivity index (χ1v) is 6.99. The third-order valence-corrected chi connectivity index (χ3v) is 3.79. The number of carbonyl (C=O) groups excluding carboxylic acids is 1. The van der Waals surface area contributed by atoms with Crippen molar-refractivity contribution in [1.29, 1.82) is 0 Å². The van der Waals surface area contributed by atoms with Crippen LogP contribution in [-0.4, -0.2) is 72.1 Å². The molecule has 0 radical (unpaired) electrons. The molecule has 2 rings (SSSR count). The van der Waals surface area contributed by atoms with Gasteiger partial charge in [-0.25, -0.2) is 4.79 Å². The number of nitrogens with zero attached hydrogens (tertiary/aromatic N) is 2. The molecule has 1 aliphatic heterocycles. The molecule has 1 saturated heterocycles. The Balaban J connectivity index is 1.73. The van der Waals surface area contributed by atoms with Gasteiger partial charge in [-0.3, -0.25) is 9.69 Å². The maximum absolute atomic E-state index is 11.1. The lowest BCUT2D eigenvalue weighted by Gasteiger charge is -2.35. The fraction of sp³-hybridized carbons (Fsp3) is 0.846. The van der Waals surface area contributed by atoms with E-state index in [0.29, 0.717) is 6.54 Å². The van der Waals surface area contributed by atoms with E-state index in [1.807, 2.05) is 0 Å². The molecule has 1 atom stereocenters. The fourth-order valence-electron chi connectivity index (χ4n) is 2.51. The number of aliphatic carboxylic acids is 1. The molecule has 2 fully saturated rings. The molecule has 1 amide bonds. The van der Waals surface area contributed by atoms with Gasteiger partial charge in [0.25, 0.3) is 0 Å². The largest absolute Gasteiger partial charge is 0.480 e. The molecular weight excluding hydrogens is 246 g/mol. The summed E-state index contributed by atoms with van der Waals surface area (Å²) in [4.78, 5) is 26.6. The van der Waals surface area contributed by atoms with Gasteiger partial charge >= 0.3 is 5.97 Å². The summed E-state index contributed by atoms with van der Waals surface area (Å²) in [5.74, 6) is -0.354. The van der Waals surface area contributed by atoms with Crippen molar-refractivity contribution in [3.05, 3.63) is 0 Å². The maximum Gasteiger partial charge on any atom is 0.327 e. The lowest BCUT2D eigenvalue weighted by atomic mass is 10.2. The minimum atomic E-state index is -0.962. The van der Waals surface area contributed by atoms with Gasteiger partial charge in [0.15, 0.2) is 0 Å². The van der Waals surface area contributed by atoms with E-state index >= 15 is 0 Å². The zero-order valence-corrected chi connectivity index (χ0v) is 11.5. The molecule has 2 N–H and O–H groups in total. The number of hydrogen-bond donors (Lipinski definition) is 2. The zero-order chi connectivity index (χ0) is 13.8. The Bertz CT molecular complexity index is 336. The predicted octanol–water partition coefficient (Wildman–Crippen LogP) is -0.397. The normalized spacial score (nSPS) is 23.0. The molecule has 0 aromatic carbocycles. The van der Waals surface area contributed by atoms with Gasteiger partial charge < -0.3 is 15.3 Å². The van der Waals surface area contributed by atoms with Crippen LogP contribution in [0, 0.1) is 5.92 Å². The summed E-state index contributed by atoms with van der Waals surface area (Å²) in [5.41, 5.74) is 0. The van der Waals surface area contributed by atoms with Crippen LogP contribution < -0.4 is 5.32 Å². The zero-order valence-electron chi connectivity index (χ0n) is 11.5. The van der Waals surface area contributed by atoms with Crippen molar-refractivity contribution < 1.29 is 14.7 Å². The maximum atomic E-state index is 11.1. The molecule has 1 aliphatic carbocycles. The SMILES string of the molecule is CC(=O)NC(CN1CCN(CC2CC2)CC1)C(=O)O. The van der Waals surface area contributed by atoms with E-state index in [1.54, 1.807) is 0 Å². The van der Waals surface area contributed by atoms with Crippen molar-refractivity contribution in [2.75, 3.05) is 39.3 Å². The molecule has 6 nitrogen and oxygen atoms in total. The number of carboxylic acids is 1. The highest BCUT2D eigenvalue weighted by molar-refractivity contribution is 5.82. The molecule has 6 heteroatoms. The highest BCUT2D eigenvalue weighted by Crippen LogP contribution is 2.29. The molecule has 108 valence electrons. The summed E-state index contributed by atoms with van der Waals surface area (Å²) >= 11 is 0. The summed E-state index contributed by atoms with van der Waals surface area (Å²) in [5, 5.41) is 11.6. The summed E-state index contributed by atoms with van der Waals surface area (Å²) in [6.07, 6.45) is 2.73. The number of hydrogen-bond acceptors (Lipinski definition) is 4. The van der Waals surface area contributed by atoms with E-state index in [2.05, 4.69) is 15.1 Å². The molecule has 0 aromatic heterocycles. The molecule has 0 spiro atoms. The van der Waals surface area contributed by atoms with Crippen LogP contribution in [0.25, 0.3) is 0 Å². The van der Waals surface area contributed by atoms with Crippen molar-refractivity contribution in [2.24, 2.45) is 5.92 Å². The summed E-state index contributed by atoms with van der Waals surface area (Å²) in [7, 11) is 0. The summed E-state index contributed by atoms with van der Waals surface area (Å²) < 4.78 is 0. The number of nitrogens with one attached hydrogen (secondary N) is 1. The highest BCUT2D eigenvalue weighted by atomic mass is 16.4. The van der Waals surface area contributed by atoms with Gasteiger partial charge in [0.05, 0.1) is 0 Å². The van der Waals surface area contributed by atoms with Gasteiger partial charge in [0.2, 0.25) is 5.91 Å². The van der Waals surface area contributed by atoms with E-state index in [0.717, 1.165) is 32.1 Å². The molecular formula is C13H23N3O3. The van der Waals surface area contributed by atoms with Gasteiger partial charge in [-0.2, -0.15) is 0 Å². The van der Waals surface area contributed by atoms with Crippen LogP contribution in [0.5, 0.6) is 0 Å². The van der Waals surface area contributed by atoms with Crippen molar-refractivity contribution >= 4 is 11.9 Å². The minimum absolute atomic E-state index is 0.292. The van der Waals surface area contributed by atoms with Gasteiger partial charge in [0, 0.05) is 46.2 Å². The Morgan fingerprint density at radius 3 is 2.26 bits per heavy atom. The molecule has 1 unspecified atom stereocenters. The van der Waals surface area contributed by atoms with Crippen LogP contribution in [0.3, 0.4) is 0 Å². The van der Waals surface area contributed by atoms with E-state index < -0.39 is 12.0 Å². The first kappa shape index (κ1) is 14.3. The third-order valence-electron chi connectivity index (χ3n) is 3.79. The molecule has 1 heterocycles. The third kappa shape index (κ3) is 4.80. The topological polar surface area (TPSA) is 72.9 Å². The summed E-state index contributed by atoms with van der Waals surface area (Å²) in [6, 6.07) is -0.799. The number of rotatable bonds is 6. The molecule has 19 heavy (non-hydrogen) atoms. The first-order valence-electron chi connectivity index (χ1n) is 6.99. The number of carboxylic acid groups (broad SMARTS) is 1. The van der Waals surface area contributed by atoms with Crippen LogP contribution in [0.15, 0.2) is 0 Å². The van der Waals surface area contributed by atoms with Crippen LogP contribution >= 0.6 is 0 Å². The second-order valence-electron chi connectivity index (χ2n) is 5.64. The number of piperazine rings is 1. The molecule has 0 aromatic rings. The van der Waals surface area contributed by atoms with Crippen molar-refractivity contribution in [3.8, 4) is 0 Å². The van der Waals surface area contributed by atoms with E-state index in [-0.39, 0.29) is 5.91 Å². The minimum Gasteiger partial charge on any atom is -0.480 e. The second-order valence-corrected chi connectivity index (χ2v) is 5.64. The molecule has 0 bridgehead atoms. The lowest BCUT2D eigenvalue weighted by Crippen LogP contribution is -2.53. The Labute approximate surface area is 113 Å². The predicted molar refractivity (Wildman–Crippen MR) is 70.8 cm³/mol. The number of carbonyl (C=O) groups is 2. The molecule has 1 saturated carbocycles. The van der Waals surface area contributed by atoms with Gasteiger partial charge in [-0.15, -0.1) is 0 Å². The average Bonchev–Trinajstić information content (AvgIpc) is 3.14. The average molecular weight is 269 g/mol. The Morgan fingerprint density at radius 2 is 1.79 bits per heavy atom. The van der Waals surface area contributed by atoms with Crippen molar-refractivity contribution in [1.82, 2.24) is 15.1 Å². The monoisotopic (exact) mass is 269 g/mol. The molecule has 2 aliphatic rings. The van der Waals surface area contributed by atoms with E-state index in [9.17, 15) is 9.59 Å². The van der Waals surface area contributed by atoms with E-state index in [1.165, 1.54) is 26.3 Å². The van der Waals surface area contributed by atoms with Crippen LogP contribution in [-0.2, 0) is 9.59 Å². The number of amides is 1. The first-order chi connectivity index (χ1) is 9.04. The quantitative estimate of drug-likeness (QED) is 0.686. The van der Waals surface area contributed by atoms with Gasteiger partial charge in [0.1, 0.15) is 6.04 Å². The smallest absolute Gasteiger partial charge is 0.327 e. The Hall–Kier alpha value is -1.14. The Kier molecular flexibility index (Phi) is 4.76. The van der Waals surface area contributed by atoms with E-state index in [4.69, 9.17) is 5.11 Å². The van der Waals surface area contributed by atoms with Crippen molar-refractivity contribution in [3.63, 3.8) is 0 Å². The lowest BCUT2D eigenvalue weighted by molar-refractivity contribution is -0.142. The summed E-state index contributed by atoms with van der Waals surface area (Å²) in [6.45, 7) is 6.72. The van der Waals surface area contributed by atoms with Crippen molar-refractivity contribution in [2.45, 2.75) is 25.8 Å². The fourth-order valence-corrected chi connectivity index (χ4v) is 2.51. The van der Waals surface area contributed by atoms with Crippen LogP contribution in [0.1, 0.15) is 19.8 Å². The van der Waals surface area contributed by atoms with Crippen LogP contribution in [0.4, 0.5) is 0 Å².